The molecule has 0 fully saturated rings. The predicted molar refractivity (Wildman–Crippen MR) is 96.6 cm³/mol. The molecule has 0 amide bonds. The maximum absolute atomic E-state index is 10.8. The van der Waals surface area contributed by atoms with Gasteiger partial charge in [0.25, 0.3) is 0 Å². The van der Waals surface area contributed by atoms with E-state index in [2.05, 4.69) is 39.5 Å². The van der Waals surface area contributed by atoms with E-state index in [0.29, 0.717) is 6.42 Å². The van der Waals surface area contributed by atoms with Crippen LogP contribution in [0.2, 0.25) is 0 Å². The number of hydrogen-bond acceptors (Lipinski definition) is 5. The third-order valence-corrected chi connectivity index (χ3v) is 4.61. The van der Waals surface area contributed by atoms with Crippen molar-refractivity contribution in [3.05, 3.63) is 47.2 Å². The van der Waals surface area contributed by atoms with Crippen LogP contribution < -0.4 is 5.32 Å². The highest BCUT2D eigenvalue weighted by molar-refractivity contribution is 5.67. The molecular weight excluding hydrogens is 318 g/mol. The van der Waals surface area contributed by atoms with E-state index >= 15 is 0 Å². The molecule has 0 saturated carbocycles. The van der Waals surface area contributed by atoms with Gasteiger partial charge in [0.1, 0.15) is 5.82 Å². The van der Waals surface area contributed by atoms with Gasteiger partial charge in [0, 0.05) is 51.5 Å². The van der Waals surface area contributed by atoms with Crippen molar-refractivity contribution in [2.75, 3.05) is 32.1 Å². The van der Waals surface area contributed by atoms with E-state index in [4.69, 9.17) is 9.84 Å². The quantitative estimate of drug-likeness (QED) is 0.825. The summed E-state index contributed by atoms with van der Waals surface area (Å²) in [5, 5.41) is 12.2. The van der Waals surface area contributed by atoms with Crippen LogP contribution in [0.15, 0.2) is 36.1 Å². The summed E-state index contributed by atoms with van der Waals surface area (Å²) in [7, 11) is 1.74. The second-order valence-electron chi connectivity index (χ2n) is 6.53. The molecule has 1 aliphatic heterocycles. The Morgan fingerprint density at radius 3 is 3.12 bits per heavy atom. The molecule has 0 saturated heterocycles. The number of fused-ring (bicyclic) bond motifs is 1. The van der Waals surface area contributed by atoms with Gasteiger partial charge in [-0.3, -0.25) is 9.69 Å². The number of carbonyl (C=O) groups is 1. The first-order valence-electron chi connectivity index (χ1n) is 8.70. The Morgan fingerprint density at radius 2 is 2.40 bits per heavy atom. The summed E-state index contributed by atoms with van der Waals surface area (Å²) in [6.45, 7) is 3.51. The highest BCUT2D eigenvalue weighted by Crippen LogP contribution is 2.22. The van der Waals surface area contributed by atoms with Crippen molar-refractivity contribution in [1.82, 2.24) is 9.88 Å². The third kappa shape index (κ3) is 4.90. The number of carboxylic acid groups (broad SMARTS) is 1. The normalized spacial score (nSPS) is 20.4. The van der Waals surface area contributed by atoms with Gasteiger partial charge in [-0.25, -0.2) is 4.98 Å². The van der Waals surface area contributed by atoms with E-state index in [-0.39, 0.29) is 12.5 Å². The fraction of sp³-hybridized carbons (Fsp3) is 0.474. The van der Waals surface area contributed by atoms with Crippen LogP contribution in [0.5, 0.6) is 0 Å². The molecule has 0 spiro atoms. The average molecular weight is 343 g/mol. The molecule has 6 nitrogen and oxygen atoms in total. The smallest absolute Gasteiger partial charge is 0.303 e. The monoisotopic (exact) mass is 343 g/mol. The SMILES string of the molecule is COC1C=CC(CN2CCNc3ncc(CCC(=O)O)cc3C2)=CC1. The molecule has 0 bridgehead atoms. The summed E-state index contributed by atoms with van der Waals surface area (Å²) in [4.78, 5) is 17.6. The maximum Gasteiger partial charge on any atom is 0.303 e. The van der Waals surface area contributed by atoms with E-state index in [1.54, 1.807) is 13.3 Å². The summed E-state index contributed by atoms with van der Waals surface area (Å²) in [5.41, 5.74) is 3.42. The van der Waals surface area contributed by atoms with Crippen molar-refractivity contribution in [2.24, 2.45) is 0 Å². The minimum atomic E-state index is -0.778. The van der Waals surface area contributed by atoms with E-state index in [1.807, 2.05) is 0 Å². The van der Waals surface area contributed by atoms with Crippen LogP contribution in [-0.4, -0.2) is 53.8 Å². The lowest BCUT2D eigenvalue weighted by atomic mass is 10.0. The van der Waals surface area contributed by atoms with E-state index in [1.165, 1.54) is 5.57 Å². The van der Waals surface area contributed by atoms with Crippen LogP contribution in [0.4, 0.5) is 5.82 Å². The fourth-order valence-electron chi connectivity index (χ4n) is 3.21. The van der Waals surface area contributed by atoms with Gasteiger partial charge in [0.15, 0.2) is 0 Å². The highest BCUT2D eigenvalue weighted by atomic mass is 16.5. The zero-order valence-corrected chi connectivity index (χ0v) is 14.6. The van der Waals surface area contributed by atoms with Gasteiger partial charge < -0.3 is 15.2 Å². The van der Waals surface area contributed by atoms with Crippen molar-refractivity contribution in [3.8, 4) is 0 Å². The molecule has 6 heteroatoms. The first-order chi connectivity index (χ1) is 12.1. The first-order valence-corrected chi connectivity index (χ1v) is 8.70. The molecule has 1 aromatic rings. The van der Waals surface area contributed by atoms with Crippen molar-refractivity contribution in [2.45, 2.75) is 31.9 Å². The van der Waals surface area contributed by atoms with Crippen molar-refractivity contribution in [1.29, 1.82) is 0 Å². The summed E-state index contributed by atoms with van der Waals surface area (Å²) < 4.78 is 5.34. The molecular formula is C19H25N3O3. The van der Waals surface area contributed by atoms with Crippen LogP contribution in [0.25, 0.3) is 0 Å². The molecule has 25 heavy (non-hydrogen) atoms. The fourth-order valence-corrected chi connectivity index (χ4v) is 3.21. The lowest BCUT2D eigenvalue weighted by Crippen LogP contribution is -2.28. The van der Waals surface area contributed by atoms with Crippen molar-refractivity contribution in [3.63, 3.8) is 0 Å². The highest BCUT2D eigenvalue weighted by Gasteiger charge is 2.17. The molecule has 0 aromatic carbocycles. The number of nitrogens with zero attached hydrogens (tertiary/aromatic N) is 2. The van der Waals surface area contributed by atoms with Crippen LogP contribution in [-0.2, 0) is 22.5 Å². The summed E-state index contributed by atoms with van der Waals surface area (Å²) in [5.74, 6) is 0.134. The number of aliphatic carboxylic acids is 1. The molecule has 134 valence electrons. The number of ether oxygens (including phenoxy) is 1. The number of aromatic nitrogens is 1. The van der Waals surface area contributed by atoms with Gasteiger partial charge in [-0.15, -0.1) is 0 Å². The number of rotatable bonds is 6. The van der Waals surface area contributed by atoms with Gasteiger partial charge >= 0.3 is 5.97 Å². The van der Waals surface area contributed by atoms with Gasteiger partial charge in [0.2, 0.25) is 0 Å². The molecule has 0 radical (unpaired) electrons. The van der Waals surface area contributed by atoms with Gasteiger partial charge in [-0.1, -0.05) is 18.2 Å². The average Bonchev–Trinajstić information content (AvgIpc) is 2.81. The number of hydrogen-bond donors (Lipinski definition) is 2. The van der Waals surface area contributed by atoms with Gasteiger partial charge in [0.05, 0.1) is 6.10 Å². The zero-order chi connectivity index (χ0) is 17.6. The minimum absolute atomic E-state index is 0.135. The molecule has 1 aliphatic carbocycles. The molecule has 3 rings (SSSR count). The second kappa shape index (κ2) is 8.27. The number of nitrogens with one attached hydrogen (secondary N) is 1. The van der Waals surface area contributed by atoms with Crippen LogP contribution in [0.1, 0.15) is 24.0 Å². The first kappa shape index (κ1) is 17.6. The number of aryl methyl sites for hydroxylation is 1. The molecule has 1 atom stereocenters. The lowest BCUT2D eigenvalue weighted by molar-refractivity contribution is -0.136. The Bertz CT molecular complexity index is 684. The number of pyridine rings is 1. The Morgan fingerprint density at radius 1 is 1.52 bits per heavy atom. The minimum Gasteiger partial charge on any atom is -0.481 e. The maximum atomic E-state index is 10.8. The van der Waals surface area contributed by atoms with Gasteiger partial charge in [-0.05, 0) is 30.0 Å². The number of carboxylic acids is 1. The van der Waals surface area contributed by atoms with Crippen molar-refractivity contribution >= 4 is 11.8 Å². The number of methoxy groups -OCH3 is 1. The van der Waals surface area contributed by atoms with Crippen LogP contribution in [0.3, 0.4) is 0 Å². The summed E-state index contributed by atoms with van der Waals surface area (Å²) >= 11 is 0. The predicted octanol–water partition coefficient (Wildman–Crippen LogP) is 2.23. The standard InChI is InChI=1S/C19H25N3O3/c1-25-17-5-2-14(3-6-17)12-22-9-8-20-19-16(13-22)10-15(11-21-19)4-7-18(23)24/h2-3,5,10-11,17H,4,6-9,12-13H2,1H3,(H,20,21)(H,23,24). The topological polar surface area (TPSA) is 74.7 Å². The largest absolute Gasteiger partial charge is 0.481 e. The summed E-state index contributed by atoms with van der Waals surface area (Å²) in [6, 6.07) is 2.09. The number of anilines is 1. The Labute approximate surface area is 148 Å². The van der Waals surface area contributed by atoms with Gasteiger partial charge in [-0.2, -0.15) is 0 Å². The second-order valence-corrected chi connectivity index (χ2v) is 6.53. The lowest BCUT2D eigenvalue weighted by Gasteiger charge is -2.23. The van der Waals surface area contributed by atoms with Crippen molar-refractivity contribution < 1.29 is 14.6 Å². The van der Waals surface area contributed by atoms with Crippen LogP contribution >= 0.6 is 0 Å². The third-order valence-electron chi connectivity index (χ3n) is 4.61. The molecule has 2 aliphatic rings. The Kier molecular flexibility index (Phi) is 5.83. The van der Waals surface area contributed by atoms with E-state index in [0.717, 1.165) is 49.5 Å². The van der Waals surface area contributed by atoms with E-state index < -0.39 is 5.97 Å². The van der Waals surface area contributed by atoms with Crippen LogP contribution in [0, 0.1) is 0 Å². The zero-order valence-electron chi connectivity index (χ0n) is 14.6. The Balaban J connectivity index is 1.65. The Hall–Kier alpha value is -2.18. The molecule has 2 heterocycles. The molecule has 2 N–H and O–H groups in total. The molecule has 1 unspecified atom stereocenters. The summed E-state index contributed by atoms with van der Waals surface area (Å²) in [6.07, 6.45) is 10.1. The molecule has 1 aromatic heterocycles. The van der Waals surface area contributed by atoms with E-state index in [9.17, 15) is 4.79 Å².